The van der Waals surface area contributed by atoms with Gasteiger partial charge in [0.1, 0.15) is 0 Å². The van der Waals surface area contributed by atoms with Crippen molar-refractivity contribution >= 4 is 17.9 Å². The molecule has 0 saturated heterocycles. The van der Waals surface area contributed by atoms with Crippen molar-refractivity contribution in [3.05, 3.63) is 0 Å². The molecule has 0 bridgehead atoms. The van der Waals surface area contributed by atoms with Crippen molar-refractivity contribution in [1.29, 1.82) is 0 Å². The summed E-state index contributed by atoms with van der Waals surface area (Å²) in [5.74, 6) is -3.23. The summed E-state index contributed by atoms with van der Waals surface area (Å²) in [4.78, 5) is 38.8. The molecular weight excluding hydrogens is 865 g/mol. The van der Waals surface area contributed by atoms with Crippen LogP contribution in [0.1, 0.15) is 323 Å². The van der Waals surface area contributed by atoms with Gasteiger partial charge in [-0.3, -0.25) is 14.4 Å². The lowest BCUT2D eigenvalue weighted by Gasteiger charge is -2.36. The minimum Gasteiger partial charge on any atom is -0.481 e. The van der Waals surface area contributed by atoms with Crippen molar-refractivity contribution in [3.63, 3.8) is 0 Å². The Bertz CT molecular complexity index is 1090. The molecular formula is C60H116O9. The number of hydrogen-bond acceptors (Lipinski definition) is 7. The summed E-state index contributed by atoms with van der Waals surface area (Å²) in [7, 11) is 0. The summed E-state index contributed by atoms with van der Waals surface area (Å²) in [6.07, 6.45) is 44.7. The van der Waals surface area contributed by atoms with Crippen LogP contribution < -0.4 is 0 Å². The Morgan fingerprint density at radius 2 is 0.609 bits per heavy atom. The van der Waals surface area contributed by atoms with E-state index in [0.717, 1.165) is 186 Å². The number of carbonyl (C=O) groups is 3. The van der Waals surface area contributed by atoms with Crippen molar-refractivity contribution in [3.8, 4) is 0 Å². The van der Waals surface area contributed by atoms with Crippen LogP contribution in [0.5, 0.6) is 0 Å². The zero-order valence-corrected chi connectivity index (χ0v) is 46.0. The summed E-state index contributed by atoms with van der Waals surface area (Å²) in [5.41, 5.74) is -0.728. The highest BCUT2D eigenvalue weighted by Gasteiger charge is 2.39. The van der Waals surface area contributed by atoms with Crippen LogP contribution in [-0.4, -0.2) is 68.4 Å². The van der Waals surface area contributed by atoms with E-state index in [-0.39, 0.29) is 30.9 Å². The van der Waals surface area contributed by atoms with Crippen LogP contribution in [0.4, 0.5) is 0 Å². The Morgan fingerprint density at radius 3 is 0.870 bits per heavy atom. The number of aliphatic hydroxyl groups excluding tert-OH is 3. The molecule has 69 heavy (non-hydrogen) atoms. The fourth-order valence-electron chi connectivity index (χ4n) is 10.4. The number of hydrogen-bond donors (Lipinski definition) is 5. The number of carbonyl (C=O) groups excluding carboxylic acids is 1. The van der Waals surface area contributed by atoms with Gasteiger partial charge in [-0.1, -0.05) is 240 Å². The van der Waals surface area contributed by atoms with Gasteiger partial charge in [0.25, 0.3) is 0 Å². The van der Waals surface area contributed by atoms with Crippen LogP contribution in [0.25, 0.3) is 0 Å². The standard InChI is InChI=1S/C60H116O9/c1-5-9-12-33-42-54(61)45-36-27-21-15-16-24-30-39-48-57(64)69-51-60(8-4,49-52(58(65)66)40-31-25-19-17-22-28-37-46-55(62)43-34-13-10-6-2)50-53(59(67)68)41-32-26-20-18-23-29-38-47-56(63)44-35-14-11-7-3/h52-56,61-63H,5-51H2,1-4H3,(H,65,66)(H,67,68). The van der Waals surface area contributed by atoms with Crippen molar-refractivity contribution in [2.24, 2.45) is 17.3 Å². The zero-order valence-electron chi connectivity index (χ0n) is 46.0. The van der Waals surface area contributed by atoms with E-state index >= 15 is 0 Å². The van der Waals surface area contributed by atoms with E-state index in [1.54, 1.807) is 0 Å². The lowest BCUT2D eigenvalue weighted by atomic mass is 9.70. The Kier molecular flexibility index (Phi) is 47.3. The monoisotopic (exact) mass is 981 g/mol. The molecule has 5 N–H and O–H groups in total. The molecule has 5 atom stereocenters. The molecule has 0 spiro atoms. The Labute approximate surface area is 426 Å². The van der Waals surface area contributed by atoms with Crippen molar-refractivity contribution in [1.82, 2.24) is 0 Å². The first-order chi connectivity index (χ1) is 33.4. The second kappa shape index (κ2) is 48.6. The van der Waals surface area contributed by atoms with Crippen LogP contribution in [0.15, 0.2) is 0 Å². The molecule has 0 radical (unpaired) electrons. The Balaban J connectivity index is 5.11. The van der Waals surface area contributed by atoms with E-state index < -0.39 is 29.2 Å². The predicted octanol–water partition coefficient (Wildman–Crippen LogP) is 17.0. The topological polar surface area (TPSA) is 162 Å². The number of aliphatic carboxylic acids is 2. The highest BCUT2D eigenvalue weighted by atomic mass is 16.5. The van der Waals surface area contributed by atoms with Gasteiger partial charge in [-0.25, -0.2) is 0 Å². The van der Waals surface area contributed by atoms with Crippen LogP contribution in [-0.2, 0) is 19.1 Å². The van der Waals surface area contributed by atoms with Gasteiger partial charge in [0.05, 0.1) is 36.8 Å². The molecule has 9 heteroatoms. The number of rotatable bonds is 55. The number of aliphatic hydroxyl groups is 3. The molecule has 0 aromatic carbocycles. The summed E-state index contributed by atoms with van der Waals surface area (Å²) in [5, 5.41) is 51.8. The van der Waals surface area contributed by atoms with Crippen LogP contribution in [0, 0.1) is 17.3 Å². The van der Waals surface area contributed by atoms with Gasteiger partial charge in [0.2, 0.25) is 0 Å². The second-order valence-corrected chi connectivity index (χ2v) is 22.0. The van der Waals surface area contributed by atoms with Crippen LogP contribution >= 0.6 is 0 Å². The molecule has 0 rings (SSSR count). The summed E-state index contributed by atoms with van der Waals surface area (Å²) >= 11 is 0. The number of ether oxygens (including phenoxy) is 1. The molecule has 0 saturated carbocycles. The van der Waals surface area contributed by atoms with E-state index in [9.17, 15) is 39.9 Å². The second-order valence-electron chi connectivity index (χ2n) is 22.0. The third-order valence-corrected chi connectivity index (χ3v) is 15.4. The van der Waals surface area contributed by atoms with Gasteiger partial charge in [-0.2, -0.15) is 0 Å². The van der Waals surface area contributed by atoms with Crippen LogP contribution in [0.3, 0.4) is 0 Å². The highest BCUT2D eigenvalue weighted by molar-refractivity contribution is 5.71. The van der Waals surface area contributed by atoms with E-state index in [1.165, 1.54) is 70.6 Å². The maximum absolute atomic E-state index is 13.2. The van der Waals surface area contributed by atoms with Gasteiger partial charge in [-0.05, 0) is 77.0 Å². The van der Waals surface area contributed by atoms with Crippen LogP contribution in [0.2, 0.25) is 0 Å². The first kappa shape index (κ1) is 67.3. The Hall–Kier alpha value is -1.71. The van der Waals surface area contributed by atoms with Gasteiger partial charge in [0.15, 0.2) is 0 Å². The third-order valence-electron chi connectivity index (χ3n) is 15.4. The number of carboxylic acid groups (broad SMARTS) is 2. The quantitative estimate of drug-likeness (QED) is 0.0295. The number of carboxylic acids is 2. The first-order valence-electron chi connectivity index (χ1n) is 30.1. The first-order valence-corrected chi connectivity index (χ1v) is 30.1. The summed E-state index contributed by atoms with van der Waals surface area (Å²) < 4.78 is 5.98. The maximum atomic E-state index is 13.2. The molecule has 0 heterocycles. The van der Waals surface area contributed by atoms with E-state index in [1.807, 2.05) is 6.92 Å². The molecule has 410 valence electrons. The molecule has 0 aliphatic carbocycles. The molecule has 0 aromatic rings. The average Bonchev–Trinajstić information content (AvgIpc) is 3.33. The normalized spacial score (nSPS) is 14.8. The summed E-state index contributed by atoms with van der Waals surface area (Å²) in [6.45, 7) is 8.68. The molecule has 0 fully saturated rings. The van der Waals surface area contributed by atoms with Gasteiger partial charge in [0, 0.05) is 11.8 Å². The minimum atomic E-state index is -0.851. The SMILES string of the molecule is CCCCCCC(O)CCCCCCCCCCC(=O)OCC(CC)(CC(CCCCCCCCCC(O)CCCCCC)C(=O)O)CC(CCCCCCCCCC(O)CCCCCC)C(=O)O. The largest absolute Gasteiger partial charge is 0.481 e. The molecule has 0 aliphatic rings. The maximum Gasteiger partial charge on any atom is 0.306 e. The fraction of sp³-hybridized carbons (Fsp3) is 0.950. The van der Waals surface area contributed by atoms with Gasteiger partial charge in [-0.15, -0.1) is 0 Å². The Morgan fingerprint density at radius 1 is 0.362 bits per heavy atom. The minimum absolute atomic E-state index is 0.0597. The fourth-order valence-corrected chi connectivity index (χ4v) is 10.4. The van der Waals surface area contributed by atoms with Crippen molar-refractivity contribution in [2.45, 2.75) is 341 Å². The number of unbranched alkanes of at least 4 members (excludes halogenated alkanes) is 28. The third kappa shape index (κ3) is 42.5. The molecule has 0 aromatic heterocycles. The van der Waals surface area contributed by atoms with Crippen molar-refractivity contribution < 1.29 is 44.7 Å². The zero-order chi connectivity index (χ0) is 51.1. The van der Waals surface area contributed by atoms with E-state index in [4.69, 9.17) is 4.74 Å². The highest BCUT2D eigenvalue weighted by Crippen LogP contribution is 2.41. The summed E-state index contributed by atoms with van der Waals surface area (Å²) in [6, 6.07) is 0. The predicted molar refractivity (Wildman–Crippen MR) is 289 cm³/mol. The van der Waals surface area contributed by atoms with Gasteiger partial charge >= 0.3 is 17.9 Å². The molecule has 0 aliphatic heterocycles. The van der Waals surface area contributed by atoms with E-state index in [0.29, 0.717) is 38.5 Å². The average molecular weight is 982 g/mol. The lowest BCUT2D eigenvalue weighted by molar-refractivity contribution is -0.151. The smallest absolute Gasteiger partial charge is 0.306 e. The van der Waals surface area contributed by atoms with Crippen molar-refractivity contribution in [2.75, 3.05) is 6.61 Å². The van der Waals surface area contributed by atoms with E-state index in [2.05, 4.69) is 20.8 Å². The van der Waals surface area contributed by atoms with Gasteiger partial charge < -0.3 is 30.3 Å². The lowest BCUT2D eigenvalue weighted by Crippen LogP contribution is -2.36. The number of esters is 1. The molecule has 9 nitrogen and oxygen atoms in total. The molecule has 5 unspecified atom stereocenters. The molecule has 0 amide bonds.